The summed E-state index contributed by atoms with van der Waals surface area (Å²) in [5.74, 6) is -0.818. The molecule has 0 saturated heterocycles. The Kier molecular flexibility index (Phi) is 4.17. The third kappa shape index (κ3) is 3.52. The molecule has 0 aromatic heterocycles. The van der Waals surface area contributed by atoms with Gasteiger partial charge in [-0.1, -0.05) is 17.7 Å². The van der Waals surface area contributed by atoms with Gasteiger partial charge in [-0.15, -0.1) is 0 Å². The average molecular weight is 283 g/mol. The molecule has 0 bridgehead atoms. The fraction of sp³-hybridized carbons (Fsp3) is 0.200. The Hall–Kier alpha value is -1.45. The van der Waals surface area contributed by atoms with Crippen LogP contribution in [-0.2, 0) is 6.42 Å². The molecule has 2 aromatic carbocycles. The first-order chi connectivity index (χ1) is 8.95. The Morgan fingerprint density at radius 1 is 1.11 bits per heavy atom. The van der Waals surface area contributed by atoms with E-state index >= 15 is 0 Å². The van der Waals surface area contributed by atoms with Crippen molar-refractivity contribution < 1.29 is 13.9 Å². The van der Waals surface area contributed by atoms with Crippen LogP contribution in [-0.4, -0.2) is 5.11 Å². The van der Waals surface area contributed by atoms with Crippen molar-refractivity contribution in [1.29, 1.82) is 0 Å². The zero-order valence-electron chi connectivity index (χ0n) is 10.3. The van der Waals surface area contributed by atoms with Crippen LogP contribution in [0.1, 0.15) is 22.8 Å². The smallest absolute Gasteiger partial charge is 0.123 e. The summed E-state index contributed by atoms with van der Waals surface area (Å²) in [6.07, 6.45) is -0.784. The van der Waals surface area contributed by atoms with Crippen LogP contribution in [0, 0.1) is 18.6 Å². The first kappa shape index (κ1) is 14.0. The lowest BCUT2D eigenvalue weighted by atomic mass is 10.00. The second kappa shape index (κ2) is 5.68. The summed E-state index contributed by atoms with van der Waals surface area (Å²) in [6, 6.07) is 8.31. The first-order valence-corrected chi connectivity index (χ1v) is 6.22. The molecular weight excluding hydrogens is 270 g/mol. The second-order valence-corrected chi connectivity index (χ2v) is 4.92. The van der Waals surface area contributed by atoms with E-state index in [0.717, 1.165) is 5.56 Å². The second-order valence-electron chi connectivity index (χ2n) is 4.52. The van der Waals surface area contributed by atoms with Crippen molar-refractivity contribution >= 4 is 11.6 Å². The highest BCUT2D eigenvalue weighted by molar-refractivity contribution is 6.31. The van der Waals surface area contributed by atoms with Crippen molar-refractivity contribution in [1.82, 2.24) is 0 Å². The SMILES string of the molecule is Cc1cc(F)cc(C(O)Cc2cc(F)ccc2Cl)c1. The molecular formula is C15H13ClF2O. The van der Waals surface area contributed by atoms with Crippen LogP contribution in [0.5, 0.6) is 0 Å². The minimum absolute atomic E-state index is 0.138. The molecule has 19 heavy (non-hydrogen) atoms. The van der Waals surface area contributed by atoms with E-state index in [4.69, 9.17) is 11.6 Å². The maximum absolute atomic E-state index is 13.3. The van der Waals surface area contributed by atoms with Gasteiger partial charge in [0, 0.05) is 11.4 Å². The number of hydrogen-bond acceptors (Lipinski definition) is 1. The van der Waals surface area contributed by atoms with E-state index in [2.05, 4.69) is 0 Å². The lowest BCUT2D eigenvalue weighted by Gasteiger charge is -2.13. The molecule has 1 unspecified atom stereocenters. The summed E-state index contributed by atoms with van der Waals surface area (Å²) < 4.78 is 26.4. The molecule has 1 N–H and O–H groups in total. The van der Waals surface area contributed by atoms with E-state index in [9.17, 15) is 13.9 Å². The van der Waals surface area contributed by atoms with Gasteiger partial charge in [0.1, 0.15) is 11.6 Å². The molecule has 0 aliphatic carbocycles. The predicted octanol–water partition coefficient (Wildman–Crippen LogP) is 4.20. The highest BCUT2D eigenvalue weighted by Crippen LogP contribution is 2.25. The quantitative estimate of drug-likeness (QED) is 0.894. The van der Waals surface area contributed by atoms with Gasteiger partial charge in [-0.2, -0.15) is 0 Å². The van der Waals surface area contributed by atoms with Crippen LogP contribution < -0.4 is 0 Å². The topological polar surface area (TPSA) is 20.2 Å². The molecule has 4 heteroatoms. The summed E-state index contributed by atoms with van der Waals surface area (Å²) in [4.78, 5) is 0. The van der Waals surface area contributed by atoms with Gasteiger partial charge < -0.3 is 5.11 Å². The van der Waals surface area contributed by atoms with Crippen LogP contribution in [0.4, 0.5) is 8.78 Å². The summed E-state index contributed by atoms with van der Waals surface area (Å²) >= 11 is 5.94. The minimum Gasteiger partial charge on any atom is -0.388 e. The molecule has 0 heterocycles. The van der Waals surface area contributed by atoms with Crippen LogP contribution in [0.2, 0.25) is 5.02 Å². The molecule has 2 rings (SSSR count). The molecule has 0 radical (unpaired) electrons. The monoisotopic (exact) mass is 282 g/mol. The number of halogens is 3. The number of hydrogen-bond donors (Lipinski definition) is 1. The summed E-state index contributed by atoms with van der Waals surface area (Å²) in [5.41, 5.74) is 1.67. The van der Waals surface area contributed by atoms with Crippen molar-refractivity contribution in [2.24, 2.45) is 0 Å². The third-order valence-electron chi connectivity index (χ3n) is 2.87. The zero-order chi connectivity index (χ0) is 14.0. The molecule has 0 amide bonds. The average Bonchev–Trinajstić information content (AvgIpc) is 2.32. The molecule has 0 saturated carbocycles. The van der Waals surface area contributed by atoms with Crippen molar-refractivity contribution in [3.63, 3.8) is 0 Å². The molecule has 100 valence electrons. The minimum atomic E-state index is -0.923. The highest BCUT2D eigenvalue weighted by Gasteiger charge is 2.13. The molecule has 0 aliphatic rings. The number of rotatable bonds is 3. The molecule has 0 aliphatic heterocycles. The standard InChI is InChI=1S/C15H13ClF2O/c1-9-4-11(7-13(18)5-9)15(19)8-10-6-12(17)2-3-14(10)16/h2-7,15,19H,8H2,1H3. The fourth-order valence-electron chi connectivity index (χ4n) is 1.98. The lowest BCUT2D eigenvalue weighted by molar-refractivity contribution is 0.178. The highest BCUT2D eigenvalue weighted by atomic mass is 35.5. The number of aryl methyl sites for hydroxylation is 1. The summed E-state index contributed by atoms with van der Waals surface area (Å²) in [5, 5.41) is 10.5. The van der Waals surface area contributed by atoms with Gasteiger partial charge in [-0.3, -0.25) is 0 Å². The molecule has 1 nitrogen and oxygen atoms in total. The summed E-state index contributed by atoms with van der Waals surface area (Å²) in [7, 11) is 0. The molecule has 0 spiro atoms. The lowest BCUT2D eigenvalue weighted by Crippen LogP contribution is -2.03. The van der Waals surface area contributed by atoms with E-state index in [1.807, 2.05) is 0 Å². The van der Waals surface area contributed by atoms with Gasteiger partial charge in [0.2, 0.25) is 0 Å². The Labute approximate surface area is 115 Å². The van der Waals surface area contributed by atoms with Gasteiger partial charge in [0.05, 0.1) is 6.10 Å². The van der Waals surface area contributed by atoms with Crippen LogP contribution >= 0.6 is 11.6 Å². The predicted molar refractivity (Wildman–Crippen MR) is 71.2 cm³/mol. The Morgan fingerprint density at radius 3 is 2.53 bits per heavy atom. The fourth-order valence-corrected chi connectivity index (χ4v) is 2.18. The number of aliphatic hydroxyl groups excluding tert-OH is 1. The van der Waals surface area contributed by atoms with Crippen LogP contribution in [0.25, 0.3) is 0 Å². The van der Waals surface area contributed by atoms with Gasteiger partial charge in [-0.25, -0.2) is 8.78 Å². The van der Waals surface area contributed by atoms with Crippen molar-refractivity contribution in [2.75, 3.05) is 0 Å². The van der Waals surface area contributed by atoms with Gasteiger partial charge in [0.15, 0.2) is 0 Å². The van der Waals surface area contributed by atoms with Crippen molar-refractivity contribution in [3.05, 3.63) is 69.7 Å². The van der Waals surface area contributed by atoms with Crippen LogP contribution in [0.15, 0.2) is 36.4 Å². The Bertz CT molecular complexity index is 578. The first-order valence-electron chi connectivity index (χ1n) is 5.85. The number of benzene rings is 2. The van der Waals surface area contributed by atoms with Gasteiger partial charge in [0.25, 0.3) is 0 Å². The maximum Gasteiger partial charge on any atom is 0.123 e. The zero-order valence-corrected chi connectivity index (χ0v) is 11.1. The molecule has 1 atom stereocenters. The number of aliphatic hydroxyl groups is 1. The Balaban J connectivity index is 2.25. The van der Waals surface area contributed by atoms with Gasteiger partial charge in [-0.05, 0) is 53.9 Å². The normalized spacial score (nSPS) is 12.5. The van der Waals surface area contributed by atoms with E-state index in [-0.39, 0.29) is 6.42 Å². The van der Waals surface area contributed by atoms with E-state index < -0.39 is 17.7 Å². The van der Waals surface area contributed by atoms with E-state index in [1.54, 1.807) is 13.0 Å². The van der Waals surface area contributed by atoms with E-state index in [0.29, 0.717) is 16.1 Å². The Morgan fingerprint density at radius 2 is 1.84 bits per heavy atom. The molecule has 2 aromatic rings. The largest absolute Gasteiger partial charge is 0.388 e. The molecule has 0 fully saturated rings. The summed E-state index contributed by atoms with van der Waals surface area (Å²) in [6.45, 7) is 1.74. The van der Waals surface area contributed by atoms with Crippen LogP contribution in [0.3, 0.4) is 0 Å². The third-order valence-corrected chi connectivity index (χ3v) is 3.24. The van der Waals surface area contributed by atoms with Crippen molar-refractivity contribution in [2.45, 2.75) is 19.4 Å². The van der Waals surface area contributed by atoms with Crippen molar-refractivity contribution in [3.8, 4) is 0 Å². The van der Waals surface area contributed by atoms with Gasteiger partial charge >= 0.3 is 0 Å². The maximum atomic E-state index is 13.3. The van der Waals surface area contributed by atoms with E-state index in [1.165, 1.54) is 30.3 Å².